The second-order valence-electron chi connectivity index (χ2n) is 9.35. The Labute approximate surface area is 194 Å². The van der Waals surface area contributed by atoms with Crippen molar-refractivity contribution in [2.45, 2.75) is 37.3 Å². The van der Waals surface area contributed by atoms with E-state index in [1.807, 2.05) is 17.0 Å². The van der Waals surface area contributed by atoms with Gasteiger partial charge in [0.1, 0.15) is 5.54 Å². The van der Waals surface area contributed by atoms with Crippen molar-refractivity contribution in [3.63, 3.8) is 0 Å². The molecule has 33 heavy (non-hydrogen) atoms. The minimum Gasteiger partial charge on any atom is -0.340 e. The number of urea groups is 1. The zero-order valence-electron chi connectivity index (χ0n) is 18.7. The molecule has 172 valence electrons. The topological polar surface area (TPSA) is 81.8 Å². The van der Waals surface area contributed by atoms with Gasteiger partial charge in [-0.2, -0.15) is 0 Å². The summed E-state index contributed by atoms with van der Waals surface area (Å²) in [5.74, 6) is -0.142. The van der Waals surface area contributed by atoms with Gasteiger partial charge in [0.2, 0.25) is 5.91 Å². The van der Waals surface area contributed by atoms with Crippen LogP contribution in [-0.4, -0.2) is 59.4 Å². The van der Waals surface area contributed by atoms with E-state index in [9.17, 15) is 14.4 Å². The van der Waals surface area contributed by atoms with E-state index in [2.05, 4.69) is 64.1 Å². The molecule has 2 saturated heterocycles. The summed E-state index contributed by atoms with van der Waals surface area (Å²) in [6.07, 6.45) is 2.29. The van der Waals surface area contributed by atoms with Crippen molar-refractivity contribution < 1.29 is 14.4 Å². The number of nitrogens with one attached hydrogen (secondary N) is 2. The summed E-state index contributed by atoms with van der Waals surface area (Å²) in [4.78, 5) is 41.4. The summed E-state index contributed by atoms with van der Waals surface area (Å²) in [5, 5.41) is 5.11. The molecule has 0 aromatic heterocycles. The molecule has 7 heteroatoms. The number of nitrogens with zero attached hydrogens (tertiary/aromatic N) is 2. The lowest BCUT2D eigenvalue weighted by atomic mass is 9.76. The second kappa shape index (κ2) is 8.98. The quantitative estimate of drug-likeness (QED) is 0.708. The van der Waals surface area contributed by atoms with E-state index < -0.39 is 11.6 Å². The maximum atomic E-state index is 13.2. The van der Waals surface area contributed by atoms with Crippen molar-refractivity contribution >= 4 is 17.8 Å². The standard InChI is InChI=1S/C26H30N4O3/c31-23(21-11-13-26(14-12-21)24(32)27-25(33)28-26)30-17-15-29(16-18-30)22(19-7-3-1-4-8-19)20-9-5-2-6-10-20/h1-10,21-22H,11-18H2,(H2,27,28,32,33). The summed E-state index contributed by atoms with van der Waals surface area (Å²) in [6.45, 7) is 3.03. The molecule has 4 amide bonds. The van der Waals surface area contributed by atoms with Gasteiger partial charge in [0, 0.05) is 32.1 Å². The molecule has 7 nitrogen and oxygen atoms in total. The van der Waals surface area contributed by atoms with Crippen LogP contribution in [0, 0.1) is 5.92 Å². The highest BCUT2D eigenvalue weighted by molar-refractivity contribution is 6.07. The van der Waals surface area contributed by atoms with Crippen LogP contribution in [0.4, 0.5) is 4.79 Å². The van der Waals surface area contributed by atoms with E-state index in [-0.39, 0.29) is 23.8 Å². The van der Waals surface area contributed by atoms with Crippen molar-refractivity contribution in [3.05, 3.63) is 71.8 Å². The predicted octanol–water partition coefficient (Wildman–Crippen LogP) is 2.69. The summed E-state index contributed by atoms with van der Waals surface area (Å²) in [6, 6.07) is 20.8. The molecular weight excluding hydrogens is 416 g/mol. The molecule has 2 aromatic rings. The van der Waals surface area contributed by atoms with Gasteiger partial charge >= 0.3 is 6.03 Å². The zero-order chi connectivity index (χ0) is 22.8. The van der Waals surface area contributed by atoms with Crippen molar-refractivity contribution in [1.82, 2.24) is 20.4 Å². The van der Waals surface area contributed by atoms with Crippen LogP contribution in [0.15, 0.2) is 60.7 Å². The number of carbonyl (C=O) groups is 3. The molecule has 1 aliphatic carbocycles. The Kier molecular flexibility index (Phi) is 5.89. The number of benzene rings is 2. The number of carbonyl (C=O) groups excluding carboxylic acids is 3. The number of amides is 4. The van der Waals surface area contributed by atoms with Crippen molar-refractivity contribution in [1.29, 1.82) is 0 Å². The summed E-state index contributed by atoms with van der Waals surface area (Å²) in [7, 11) is 0. The van der Waals surface area contributed by atoms with E-state index in [1.54, 1.807) is 0 Å². The first-order valence-electron chi connectivity index (χ1n) is 11.8. The molecule has 1 saturated carbocycles. The van der Waals surface area contributed by atoms with Gasteiger partial charge in [-0.3, -0.25) is 19.8 Å². The van der Waals surface area contributed by atoms with Gasteiger partial charge in [0.25, 0.3) is 5.91 Å². The minimum absolute atomic E-state index is 0.0773. The summed E-state index contributed by atoms with van der Waals surface area (Å²) in [5.41, 5.74) is 1.71. The van der Waals surface area contributed by atoms with Crippen LogP contribution in [0.2, 0.25) is 0 Å². The minimum atomic E-state index is -0.814. The Balaban J connectivity index is 1.22. The van der Waals surface area contributed by atoms with Crippen LogP contribution in [-0.2, 0) is 9.59 Å². The molecule has 2 aliphatic heterocycles. The number of hydrogen-bond donors (Lipinski definition) is 2. The SMILES string of the molecule is O=C1NC(=O)C2(CCC(C(=O)N3CCN(C(c4ccccc4)c4ccccc4)CC3)CC2)N1. The van der Waals surface area contributed by atoms with E-state index in [1.165, 1.54) is 11.1 Å². The first kappa shape index (κ1) is 21.6. The highest BCUT2D eigenvalue weighted by atomic mass is 16.2. The Bertz CT molecular complexity index is 971. The Morgan fingerprint density at radius 3 is 1.88 bits per heavy atom. The van der Waals surface area contributed by atoms with Crippen LogP contribution < -0.4 is 10.6 Å². The first-order chi connectivity index (χ1) is 16.1. The predicted molar refractivity (Wildman–Crippen MR) is 124 cm³/mol. The monoisotopic (exact) mass is 446 g/mol. The lowest BCUT2D eigenvalue weighted by Gasteiger charge is -2.42. The summed E-state index contributed by atoms with van der Waals surface area (Å²) < 4.78 is 0. The smallest absolute Gasteiger partial charge is 0.322 e. The van der Waals surface area contributed by atoms with Crippen LogP contribution in [0.25, 0.3) is 0 Å². The van der Waals surface area contributed by atoms with Gasteiger partial charge in [-0.25, -0.2) is 4.79 Å². The lowest BCUT2D eigenvalue weighted by Crippen LogP contribution is -2.54. The van der Waals surface area contributed by atoms with Gasteiger partial charge < -0.3 is 10.2 Å². The fraction of sp³-hybridized carbons (Fsp3) is 0.423. The van der Waals surface area contributed by atoms with Gasteiger partial charge in [-0.1, -0.05) is 60.7 Å². The number of piperazine rings is 1. The third-order valence-corrected chi connectivity index (χ3v) is 7.42. The fourth-order valence-corrected chi connectivity index (χ4v) is 5.58. The van der Waals surface area contributed by atoms with Crippen molar-refractivity contribution in [2.24, 2.45) is 5.92 Å². The molecule has 2 aromatic carbocycles. The molecule has 2 N–H and O–H groups in total. The average Bonchev–Trinajstić information content (AvgIpc) is 3.13. The largest absolute Gasteiger partial charge is 0.340 e. The summed E-state index contributed by atoms with van der Waals surface area (Å²) >= 11 is 0. The van der Waals surface area contributed by atoms with Crippen molar-refractivity contribution in [3.8, 4) is 0 Å². The number of imide groups is 1. The molecule has 0 atom stereocenters. The van der Waals surface area contributed by atoms with Gasteiger partial charge in [0.05, 0.1) is 6.04 Å². The Morgan fingerprint density at radius 1 is 0.848 bits per heavy atom. The number of rotatable bonds is 4. The lowest BCUT2D eigenvalue weighted by molar-refractivity contribution is -0.140. The zero-order valence-corrected chi connectivity index (χ0v) is 18.7. The third-order valence-electron chi connectivity index (χ3n) is 7.42. The van der Waals surface area contributed by atoms with Gasteiger partial charge in [0.15, 0.2) is 0 Å². The van der Waals surface area contributed by atoms with Crippen LogP contribution in [0.5, 0.6) is 0 Å². The first-order valence-corrected chi connectivity index (χ1v) is 11.8. The van der Waals surface area contributed by atoms with E-state index >= 15 is 0 Å². The normalized spacial score (nSPS) is 25.8. The molecule has 3 aliphatic rings. The molecule has 3 fully saturated rings. The second-order valence-corrected chi connectivity index (χ2v) is 9.35. The Hall–Kier alpha value is -3.19. The van der Waals surface area contributed by atoms with E-state index in [4.69, 9.17) is 0 Å². The highest BCUT2D eigenvalue weighted by Gasteiger charge is 2.49. The average molecular weight is 447 g/mol. The van der Waals surface area contributed by atoms with Gasteiger partial charge in [-0.15, -0.1) is 0 Å². The number of hydrogen-bond acceptors (Lipinski definition) is 4. The Morgan fingerprint density at radius 2 is 1.39 bits per heavy atom. The maximum Gasteiger partial charge on any atom is 0.322 e. The van der Waals surface area contributed by atoms with E-state index in [0.717, 1.165) is 13.1 Å². The third kappa shape index (κ3) is 4.25. The van der Waals surface area contributed by atoms with Crippen LogP contribution in [0.1, 0.15) is 42.9 Å². The highest BCUT2D eigenvalue weighted by Crippen LogP contribution is 2.36. The van der Waals surface area contributed by atoms with Crippen LogP contribution in [0.3, 0.4) is 0 Å². The molecule has 5 rings (SSSR count). The van der Waals surface area contributed by atoms with E-state index in [0.29, 0.717) is 38.8 Å². The maximum absolute atomic E-state index is 13.2. The fourth-order valence-electron chi connectivity index (χ4n) is 5.58. The van der Waals surface area contributed by atoms with Crippen molar-refractivity contribution in [2.75, 3.05) is 26.2 Å². The van der Waals surface area contributed by atoms with Crippen LogP contribution >= 0.6 is 0 Å². The molecule has 0 unspecified atom stereocenters. The molecule has 2 heterocycles. The molecule has 0 bridgehead atoms. The molecule has 1 spiro atoms. The molecule has 0 radical (unpaired) electrons. The van der Waals surface area contributed by atoms with Gasteiger partial charge in [-0.05, 0) is 36.8 Å². The molecular formula is C26H30N4O3.